The summed E-state index contributed by atoms with van der Waals surface area (Å²) in [5, 5.41) is 3.99. The van der Waals surface area contributed by atoms with Crippen LogP contribution in [0.25, 0.3) is 0 Å². The highest BCUT2D eigenvalue weighted by molar-refractivity contribution is 9.10. The van der Waals surface area contributed by atoms with Crippen LogP contribution in [0.1, 0.15) is 11.1 Å². The minimum absolute atomic E-state index is 0.210. The van der Waals surface area contributed by atoms with Crippen LogP contribution in [0.2, 0.25) is 0 Å². The van der Waals surface area contributed by atoms with Crippen molar-refractivity contribution in [3.05, 3.63) is 52.0 Å². The maximum absolute atomic E-state index is 12.0. The standard InChI is InChI=1S/C18H19BrN2O4/c1-23-14-7-4-12(5-8-14)10-16(22)21-20-11-13-6-9-15(24-2)18(25-3)17(13)19/h4-9,11H,10H2,1-3H3,(H,21,22)/b20-11-. The number of benzene rings is 2. The zero-order valence-corrected chi connectivity index (χ0v) is 15.8. The molecule has 1 amide bonds. The Morgan fingerprint density at radius 2 is 1.80 bits per heavy atom. The number of hydrogen-bond donors (Lipinski definition) is 1. The van der Waals surface area contributed by atoms with Crippen LogP contribution < -0.4 is 19.6 Å². The third-order valence-corrected chi connectivity index (χ3v) is 4.25. The highest BCUT2D eigenvalue weighted by atomic mass is 79.9. The molecular weight excluding hydrogens is 388 g/mol. The molecule has 0 saturated heterocycles. The first-order valence-corrected chi connectivity index (χ1v) is 8.23. The molecule has 0 fully saturated rings. The number of nitrogens with one attached hydrogen (secondary N) is 1. The number of nitrogens with zero attached hydrogens (tertiary/aromatic N) is 1. The van der Waals surface area contributed by atoms with Crippen LogP contribution in [0.3, 0.4) is 0 Å². The lowest BCUT2D eigenvalue weighted by Crippen LogP contribution is -2.19. The van der Waals surface area contributed by atoms with Crippen molar-refractivity contribution in [2.75, 3.05) is 21.3 Å². The number of methoxy groups -OCH3 is 3. The Hall–Kier alpha value is -2.54. The molecule has 0 saturated carbocycles. The van der Waals surface area contributed by atoms with Crippen molar-refractivity contribution in [3.8, 4) is 17.2 Å². The molecule has 2 rings (SSSR count). The predicted molar refractivity (Wildman–Crippen MR) is 99.7 cm³/mol. The third kappa shape index (κ3) is 4.96. The van der Waals surface area contributed by atoms with E-state index in [1.165, 1.54) is 6.21 Å². The Morgan fingerprint density at radius 1 is 1.08 bits per heavy atom. The molecule has 1 N–H and O–H groups in total. The fourth-order valence-electron chi connectivity index (χ4n) is 2.15. The van der Waals surface area contributed by atoms with Crippen molar-refractivity contribution in [2.24, 2.45) is 5.10 Å². The molecule has 0 aliphatic carbocycles. The molecule has 2 aromatic rings. The van der Waals surface area contributed by atoms with Crippen LogP contribution in [0.4, 0.5) is 0 Å². The monoisotopic (exact) mass is 406 g/mol. The smallest absolute Gasteiger partial charge is 0.244 e. The van der Waals surface area contributed by atoms with E-state index in [1.807, 2.05) is 30.3 Å². The molecule has 6 nitrogen and oxygen atoms in total. The van der Waals surface area contributed by atoms with Crippen LogP contribution in [0, 0.1) is 0 Å². The van der Waals surface area contributed by atoms with Crippen molar-refractivity contribution < 1.29 is 19.0 Å². The molecule has 0 aliphatic rings. The van der Waals surface area contributed by atoms with Crippen LogP contribution in [0.5, 0.6) is 17.2 Å². The fourth-order valence-corrected chi connectivity index (χ4v) is 2.74. The lowest BCUT2D eigenvalue weighted by Gasteiger charge is -2.10. The Labute approximate surface area is 154 Å². The number of hydrogen-bond acceptors (Lipinski definition) is 5. The van der Waals surface area contributed by atoms with Gasteiger partial charge in [0.25, 0.3) is 0 Å². The van der Waals surface area contributed by atoms with E-state index in [9.17, 15) is 4.79 Å². The molecule has 0 heterocycles. The highest BCUT2D eigenvalue weighted by Crippen LogP contribution is 2.36. The van der Waals surface area contributed by atoms with Gasteiger partial charge in [0.2, 0.25) is 5.91 Å². The van der Waals surface area contributed by atoms with E-state index in [0.29, 0.717) is 16.0 Å². The minimum atomic E-state index is -0.210. The topological polar surface area (TPSA) is 69.2 Å². The van der Waals surface area contributed by atoms with Gasteiger partial charge < -0.3 is 14.2 Å². The van der Waals surface area contributed by atoms with Crippen LogP contribution >= 0.6 is 15.9 Å². The van der Waals surface area contributed by atoms with Gasteiger partial charge in [-0.2, -0.15) is 5.10 Å². The van der Waals surface area contributed by atoms with E-state index in [1.54, 1.807) is 27.4 Å². The first-order chi connectivity index (χ1) is 12.1. The zero-order chi connectivity index (χ0) is 18.2. The van der Waals surface area contributed by atoms with Crippen LogP contribution in [-0.4, -0.2) is 33.5 Å². The van der Waals surface area contributed by atoms with Crippen molar-refractivity contribution in [1.29, 1.82) is 0 Å². The summed E-state index contributed by atoms with van der Waals surface area (Å²) in [6.45, 7) is 0. The van der Waals surface area contributed by atoms with Gasteiger partial charge in [0.1, 0.15) is 5.75 Å². The molecule has 132 valence electrons. The Morgan fingerprint density at radius 3 is 2.40 bits per heavy atom. The van der Waals surface area contributed by atoms with E-state index < -0.39 is 0 Å². The predicted octanol–water partition coefficient (Wildman–Crippen LogP) is 3.17. The Bertz CT molecular complexity index is 760. The Kier molecular flexibility index (Phi) is 6.82. The summed E-state index contributed by atoms with van der Waals surface area (Å²) in [5.41, 5.74) is 4.14. The number of ether oxygens (including phenoxy) is 3. The molecular formula is C18H19BrN2O4. The highest BCUT2D eigenvalue weighted by Gasteiger charge is 2.11. The van der Waals surface area contributed by atoms with Gasteiger partial charge in [-0.1, -0.05) is 12.1 Å². The number of halogens is 1. The SMILES string of the molecule is COc1ccc(CC(=O)N/N=C\c2ccc(OC)c(OC)c2Br)cc1. The van der Waals surface area contributed by atoms with Crippen molar-refractivity contribution >= 4 is 28.1 Å². The van der Waals surface area contributed by atoms with Gasteiger partial charge in [0, 0.05) is 5.56 Å². The van der Waals surface area contributed by atoms with Crippen molar-refractivity contribution in [2.45, 2.75) is 6.42 Å². The van der Waals surface area contributed by atoms with E-state index in [4.69, 9.17) is 14.2 Å². The summed E-state index contributed by atoms with van der Waals surface area (Å²) >= 11 is 3.45. The molecule has 0 spiro atoms. The second-order valence-electron chi connectivity index (χ2n) is 5.02. The molecule has 0 aromatic heterocycles. The maximum atomic E-state index is 12.0. The van der Waals surface area contributed by atoms with E-state index >= 15 is 0 Å². The van der Waals surface area contributed by atoms with Gasteiger partial charge in [-0.25, -0.2) is 5.43 Å². The molecule has 0 unspecified atom stereocenters. The number of hydrazone groups is 1. The van der Waals surface area contributed by atoms with E-state index in [2.05, 4.69) is 26.5 Å². The number of rotatable bonds is 7. The molecule has 0 bridgehead atoms. The summed E-state index contributed by atoms with van der Waals surface area (Å²) in [4.78, 5) is 12.0. The summed E-state index contributed by atoms with van der Waals surface area (Å²) < 4.78 is 16.3. The summed E-state index contributed by atoms with van der Waals surface area (Å²) in [7, 11) is 4.72. The van der Waals surface area contributed by atoms with Gasteiger partial charge in [-0.15, -0.1) is 0 Å². The molecule has 7 heteroatoms. The van der Waals surface area contributed by atoms with E-state index in [-0.39, 0.29) is 12.3 Å². The summed E-state index contributed by atoms with van der Waals surface area (Å²) in [6.07, 6.45) is 1.77. The average Bonchev–Trinajstić information content (AvgIpc) is 2.63. The first kappa shape index (κ1) is 18.8. The van der Waals surface area contributed by atoms with Gasteiger partial charge in [0.05, 0.1) is 38.4 Å². The zero-order valence-electron chi connectivity index (χ0n) is 14.2. The number of amides is 1. The van der Waals surface area contributed by atoms with Gasteiger partial charge >= 0.3 is 0 Å². The molecule has 0 atom stereocenters. The minimum Gasteiger partial charge on any atom is -0.497 e. The second kappa shape index (κ2) is 9.08. The summed E-state index contributed by atoms with van der Waals surface area (Å²) in [6, 6.07) is 10.9. The Balaban J connectivity index is 1.99. The molecule has 0 aliphatic heterocycles. The molecule has 0 radical (unpaired) electrons. The number of carbonyl (C=O) groups excluding carboxylic acids is 1. The largest absolute Gasteiger partial charge is 0.497 e. The normalized spacial score (nSPS) is 10.6. The lowest BCUT2D eigenvalue weighted by molar-refractivity contribution is -0.120. The third-order valence-electron chi connectivity index (χ3n) is 3.43. The van der Waals surface area contributed by atoms with Crippen LogP contribution in [-0.2, 0) is 11.2 Å². The first-order valence-electron chi connectivity index (χ1n) is 7.44. The average molecular weight is 407 g/mol. The number of carbonyl (C=O) groups is 1. The fraction of sp³-hybridized carbons (Fsp3) is 0.222. The van der Waals surface area contributed by atoms with Gasteiger partial charge in [-0.3, -0.25) is 4.79 Å². The quantitative estimate of drug-likeness (QED) is 0.566. The van der Waals surface area contributed by atoms with Gasteiger partial charge in [0.15, 0.2) is 11.5 Å². The van der Waals surface area contributed by atoms with Crippen molar-refractivity contribution in [3.63, 3.8) is 0 Å². The van der Waals surface area contributed by atoms with E-state index in [0.717, 1.165) is 16.9 Å². The van der Waals surface area contributed by atoms with Crippen LogP contribution in [0.15, 0.2) is 46.0 Å². The lowest BCUT2D eigenvalue weighted by atomic mass is 10.1. The maximum Gasteiger partial charge on any atom is 0.244 e. The second-order valence-corrected chi connectivity index (χ2v) is 5.82. The van der Waals surface area contributed by atoms with Gasteiger partial charge in [-0.05, 0) is 45.8 Å². The molecule has 25 heavy (non-hydrogen) atoms. The molecule has 2 aromatic carbocycles. The summed E-state index contributed by atoms with van der Waals surface area (Å²) in [5.74, 6) is 1.71. The van der Waals surface area contributed by atoms with Crippen molar-refractivity contribution in [1.82, 2.24) is 5.43 Å².